The molecule has 12 aromatic rings. The molecule has 0 aliphatic rings. The Balaban J connectivity index is 1.06. The van der Waals surface area contributed by atoms with Gasteiger partial charge in [0.25, 0.3) is 0 Å². The number of rotatable bonds is 5. The summed E-state index contributed by atoms with van der Waals surface area (Å²) in [5.41, 5.74) is 11.6. The maximum absolute atomic E-state index is 6.30. The molecule has 0 N–H and O–H groups in total. The lowest BCUT2D eigenvalue weighted by Gasteiger charge is -2.11. The molecule has 6 nitrogen and oxygen atoms in total. The molecule has 0 spiro atoms. The van der Waals surface area contributed by atoms with Crippen LogP contribution in [0, 0.1) is 0 Å². The zero-order valence-electron chi connectivity index (χ0n) is 30.4. The highest BCUT2D eigenvalue weighted by atomic mass is 16.3. The minimum Gasteiger partial charge on any atom is -0.456 e. The number of aromatic nitrogens is 4. The van der Waals surface area contributed by atoms with E-state index in [0.717, 1.165) is 88.1 Å². The highest BCUT2D eigenvalue weighted by Gasteiger charge is 2.20. The van der Waals surface area contributed by atoms with E-state index in [1.807, 2.05) is 66.7 Å². The van der Waals surface area contributed by atoms with Crippen LogP contribution < -0.4 is 0 Å². The van der Waals surface area contributed by atoms with Crippen LogP contribution in [0.1, 0.15) is 0 Å². The lowest BCUT2D eigenvalue weighted by Crippen LogP contribution is -2.00. The average molecular weight is 731 g/mol. The first-order valence-electron chi connectivity index (χ1n) is 19.0. The molecule has 6 heteroatoms. The monoisotopic (exact) mass is 730 g/mol. The van der Waals surface area contributed by atoms with Crippen molar-refractivity contribution in [2.75, 3.05) is 0 Å². The summed E-state index contributed by atoms with van der Waals surface area (Å²) in [4.78, 5) is 15.6. The second-order valence-electron chi connectivity index (χ2n) is 14.4. The van der Waals surface area contributed by atoms with E-state index in [9.17, 15) is 0 Å². The molecule has 0 saturated carbocycles. The zero-order chi connectivity index (χ0) is 37.5. The molecule has 0 aliphatic heterocycles. The molecule has 8 aromatic carbocycles. The molecule has 0 unspecified atom stereocenters. The van der Waals surface area contributed by atoms with E-state index >= 15 is 0 Å². The van der Waals surface area contributed by atoms with Crippen LogP contribution in [0.5, 0.6) is 0 Å². The molecule has 0 amide bonds. The van der Waals surface area contributed by atoms with Gasteiger partial charge in [-0.25, -0.2) is 15.0 Å². The molecular weight excluding hydrogens is 701 g/mol. The number of benzene rings is 8. The van der Waals surface area contributed by atoms with Gasteiger partial charge in [-0.1, -0.05) is 109 Å². The Morgan fingerprint density at radius 3 is 1.68 bits per heavy atom. The van der Waals surface area contributed by atoms with E-state index < -0.39 is 0 Å². The fourth-order valence-electron chi connectivity index (χ4n) is 8.40. The fourth-order valence-corrected chi connectivity index (χ4v) is 8.40. The Morgan fingerprint density at radius 2 is 0.877 bits per heavy atom. The van der Waals surface area contributed by atoms with Crippen LogP contribution in [0.4, 0.5) is 0 Å². The summed E-state index contributed by atoms with van der Waals surface area (Å²) in [7, 11) is 0. The first-order chi connectivity index (χ1) is 28.2. The predicted octanol–water partition coefficient (Wildman–Crippen LogP) is 13.4. The van der Waals surface area contributed by atoms with Gasteiger partial charge >= 0.3 is 0 Å². The first-order valence-corrected chi connectivity index (χ1v) is 19.0. The standard InChI is InChI=1S/C51H30N4O2/c1-2-11-31(12-3-1)32-21-25-35(26-22-32)55-42-17-7-4-13-36(42)40-29-33(23-27-43(40)55)49-52-50(34-24-28-46-41(30-34)37-14-5-8-18-44(37)56-46)54-51(53-49)39-16-10-20-47-48(39)38-15-6-9-19-45(38)57-47/h1-30H. The van der Waals surface area contributed by atoms with E-state index in [1.54, 1.807) is 0 Å². The fraction of sp³-hybridized carbons (Fsp3) is 0. The predicted molar refractivity (Wildman–Crippen MR) is 230 cm³/mol. The van der Waals surface area contributed by atoms with Crippen molar-refractivity contribution in [3.8, 4) is 51.0 Å². The quantitative estimate of drug-likeness (QED) is 0.176. The highest BCUT2D eigenvalue weighted by Crippen LogP contribution is 2.39. The minimum atomic E-state index is 0.574. The van der Waals surface area contributed by atoms with Gasteiger partial charge in [0, 0.05) is 54.7 Å². The Bertz CT molecular complexity index is 3520. The van der Waals surface area contributed by atoms with Crippen molar-refractivity contribution in [1.29, 1.82) is 0 Å². The largest absolute Gasteiger partial charge is 0.456 e. The summed E-state index contributed by atoms with van der Waals surface area (Å²) in [6, 6.07) is 62.8. The van der Waals surface area contributed by atoms with Crippen molar-refractivity contribution in [3.63, 3.8) is 0 Å². The molecule has 0 fully saturated rings. The normalized spacial score (nSPS) is 11.9. The lowest BCUT2D eigenvalue weighted by atomic mass is 10.0. The van der Waals surface area contributed by atoms with E-state index in [2.05, 4.69) is 120 Å². The van der Waals surface area contributed by atoms with Gasteiger partial charge in [0.05, 0.1) is 11.0 Å². The molecule has 4 heterocycles. The van der Waals surface area contributed by atoms with Crippen molar-refractivity contribution in [2.24, 2.45) is 0 Å². The van der Waals surface area contributed by atoms with Crippen LogP contribution in [0.25, 0.3) is 117 Å². The van der Waals surface area contributed by atoms with Crippen LogP contribution in [-0.2, 0) is 0 Å². The summed E-state index contributed by atoms with van der Waals surface area (Å²) in [6.07, 6.45) is 0. The van der Waals surface area contributed by atoms with E-state index in [4.69, 9.17) is 23.8 Å². The van der Waals surface area contributed by atoms with Gasteiger partial charge in [-0.2, -0.15) is 0 Å². The van der Waals surface area contributed by atoms with Gasteiger partial charge in [-0.3, -0.25) is 0 Å². The third-order valence-electron chi connectivity index (χ3n) is 11.1. The van der Waals surface area contributed by atoms with Crippen molar-refractivity contribution >= 4 is 65.7 Å². The van der Waals surface area contributed by atoms with Gasteiger partial charge in [0.15, 0.2) is 17.5 Å². The van der Waals surface area contributed by atoms with Crippen molar-refractivity contribution < 1.29 is 8.83 Å². The Morgan fingerprint density at radius 1 is 0.333 bits per heavy atom. The third kappa shape index (κ3) is 5.01. The molecular formula is C51H30N4O2. The van der Waals surface area contributed by atoms with Gasteiger partial charge in [-0.05, 0) is 83.9 Å². The van der Waals surface area contributed by atoms with E-state index in [0.29, 0.717) is 17.5 Å². The topological polar surface area (TPSA) is 69.9 Å². The van der Waals surface area contributed by atoms with Crippen molar-refractivity contribution in [3.05, 3.63) is 182 Å². The van der Waals surface area contributed by atoms with Gasteiger partial charge in [0.2, 0.25) is 0 Å². The van der Waals surface area contributed by atoms with E-state index in [1.165, 1.54) is 11.1 Å². The Labute approximate surface area is 325 Å². The maximum atomic E-state index is 6.30. The molecule has 0 aliphatic carbocycles. The smallest absolute Gasteiger partial charge is 0.164 e. The molecule has 0 bridgehead atoms. The van der Waals surface area contributed by atoms with Crippen LogP contribution in [0.3, 0.4) is 0 Å². The number of furan rings is 2. The summed E-state index contributed by atoms with van der Waals surface area (Å²) in [5, 5.41) is 6.33. The molecule has 0 radical (unpaired) electrons. The third-order valence-corrected chi connectivity index (χ3v) is 11.1. The number of hydrogen-bond acceptors (Lipinski definition) is 5. The molecule has 266 valence electrons. The number of fused-ring (bicyclic) bond motifs is 9. The summed E-state index contributed by atoms with van der Waals surface area (Å²) in [5.74, 6) is 1.74. The van der Waals surface area contributed by atoms with Gasteiger partial charge in [0.1, 0.15) is 22.3 Å². The number of para-hydroxylation sites is 3. The highest BCUT2D eigenvalue weighted by molar-refractivity contribution is 6.13. The molecule has 12 rings (SSSR count). The Kier molecular flexibility index (Phi) is 6.83. The van der Waals surface area contributed by atoms with Crippen LogP contribution in [0.15, 0.2) is 191 Å². The first kappa shape index (κ1) is 31.5. The summed E-state index contributed by atoms with van der Waals surface area (Å²) >= 11 is 0. The van der Waals surface area contributed by atoms with Crippen LogP contribution in [0.2, 0.25) is 0 Å². The second-order valence-corrected chi connectivity index (χ2v) is 14.4. The summed E-state index contributed by atoms with van der Waals surface area (Å²) in [6.45, 7) is 0. The van der Waals surface area contributed by atoms with Crippen molar-refractivity contribution in [1.82, 2.24) is 19.5 Å². The number of nitrogens with zero attached hydrogens (tertiary/aromatic N) is 4. The lowest BCUT2D eigenvalue weighted by molar-refractivity contribution is 0.668. The zero-order valence-corrected chi connectivity index (χ0v) is 30.4. The van der Waals surface area contributed by atoms with Gasteiger partial charge < -0.3 is 13.4 Å². The average Bonchev–Trinajstić information content (AvgIpc) is 3.96. The molecule has 0 saturated heterocycles. The van der Waals surface area contributed by atoms with Crippen LogP contribution >= 0.6 is 0 Å². The van der Waals surface area contributed by atoms with Crippen LogP contribution in [-0.4, -0.2) is 19.5 Å². The molecule has 4 aromatic heterocycles. The second kappa shape index (κ2) is 12.3. The van der Waals surface area contributed by atoms with Gasteiger partial charge in [-0.15, -0.1) is 0 Å². The minimum absolute atomic E-state index is 0.574. The SMILES string of the molecule is c1ccc(-c2ccc(-n3c4ccccc4c4cc(-c5nc(-c6ccc7oc8ccccc8c7c6)nc(-c6cccc7oc8ccccc8c67)n5)ccc43)cc2)cc1. The summed E-state index contributed by atoms with van der Waals surface area (Å²) < 4.78 is 14.8. The number of hydrogen-bond donors (Lipinski definition) is 0. The maximum Gasteiger partial charge on any atom is 0.164 e. The Hall–Kier alpha value is -7.83. The van der Waals surface area contributed by atoms with E-state index in [-0.39, 0.29) is 0 Å². The van der Waals surface area contributed by atoms with Crippen molar-refractivity contribution in [2.45, 2.75) is 0 Å². The molecule has 0 atom stereocenters. The molecule has 57 heavy (non-hydrogen) atoms.